The summed E-state index contributed by atoms with van der Waals surface area (Å²) in [6.07, 6.45) is 2.91. The van der Waals surface area contributed by atoms with Crippen LogP contribution in [-0.4, -0.2) is 20.6 Å². The third kappa shape index (κ3) is 5.99. The van der Waals surface area contributed by atoms with E-state index >= 15 is 0 Å². The summed E-state index contributed by atoms with van der Waals surface area (Å²) in [4.78, 5) is 10.2. The monoisotopic (exact) mass is 874 g/mol. The second kappa shape index (κ2) is 13.0. The molecule has 0 saturated carbocycles. The molecule has 2 aromatic heterocycles. The second-order valence-electron chi connectivity index (χ2n) is 16.1. The first-order valence-corrected chi connectivity index (χ1v) is 18.8. The van der Waals surface area contributed by atoms with Crippen LogP contribution in [0.4, 0.5) is 0 Å². The van der Waals surface area contributed by atoms with Gasteiger partial charge < -0.3 is 14.5 Å². The molecule has 52 heavy (non-hydrogen) atoms. The van der Waals surface area contributed by atoms with Crippen molar-refractivity contribution >= 4 is 38.6 Å². The van der Waals surface area contributed by atoms with Crippen LogP contribution in [-0.2, 0) is 38.3 Å². The number of aromatic nitrogens is 2. The van der Waals surface area contributed by atoms with E-state index in [0.717, 1.165) is 56.0 Å². The van der Waals surface area contributed by atoms with Crippen LogP contribution in [0, 0.1) is 12.1 Å². The van der Waals surface area contributed by atoms with Gasteiger partial charge in [-0.2, -0.15) is 0 Å². The van der Waals surface area contributed by atoms with Gasteiger partial charge in [0, 0.05) is 22.0 Å². The summed E-state index contributed by atoms with van der Waals surface area (Å²) in [7, 11) is 0. The van der Waals surface area contributed by atoms with E-state index in [1.165, 1.54) is 33.2 Å². The molecule has 0 radical (unpaired) electrons. The molecule has 9 rings (SSSR count). The molecule has 2 aliphatic rings. The Morgan fingerprint density at radius 1 is 0.712 bits per heavy atom. The Labute approximate surface area is 325 Å². The van der Waals surface area contributed by atoms with Gasteiger partial charge in [0.05, 0.1) is 6.04 Å². The van der Waals surface area contributed by atoms with E-state index in [0.29, 0.717) is 5.25 Å². The zero-order chi connectivity index (χ0) is 35.1. The molecular formula is C47H41N3PtS. The number of para-hydroxylation sites is 1. The van der Waals surface area contributed by atoms with Crippen molar-refractivity contribution in [3.8, 4) is 28.1 Å². The van der Waals surface area contributed by atoms with Crippen LogP contribution < -0.4 is 0 Å². The van der Waals surface area contributed by atoms with Gasteiger partial charge in [-0.25, -0.2) is 0 Å². The number of hydrogen-bond acceptors (Lipinski definition) is 3. The van der Waals surface area contributed by atoms with Crippen molar-refractivity contribution in [3.63, 3.8) is 0 Å². The molecule has 0 amide bonds. The maximum absolute atomic E-state index is 5.44. The van der Waals surface area contributed by atoms with Gasteiger partial charge in [-0.15, -0.1) is 59.3 Å². The number of pyridine rings is 1. The maximum Gasteiger partial charge on any atom is 2.00 e. The van der Waals surface area contributed by atoms with Crippen molar-refractivity contribution in [2.24, 2.45) is 4.99 Å². The van der Waals surface area contributed by atoms with E-state index < -0.39 is 0 Å². The molecule has 3 heterocycles. The number of nitrogens with zero attached hydrogens (tertiary/aromatic N) is 3. The topological polar surface area (TPSA) is 30.2 Å². The summed E-state index contributed by atoms with van der Waals surface area (Å²) < 4.78 is 2.34. The first kappa shape index (κ1) is 34.8. The number of aliphatic imine (C=N–C) groups is 1. The number of thioether (sulfide) groups is 1. The Morgan fingerprint density at radius 3 is 2.29 bits per heavy atom. The third-order valence-electron chi connectivity index (χ3n) is 10.5. The standard InChI is InChI=1S/C47H41N3S.Pt/c1-46(2,3)33-21-22-48-40(27-33)30-19-20-36-35-15-10-11-18-42(35)50(43(36)26-30)34-24-31(29-13-8-7-9-14-29)23-32(25-34)45-49-41-28-38-37(44(41)51-45)16-12-17-39(38)47(4,5)6;/h7-24,27,41,44H,28H2,1-6H3;/q-2;+2/t41-,44+;/m1./s1. The molecule has 0 bridgehead atoms. The molecule has 7 aromatic rings. The quantitative estimate of drug-likeness (QED) is 0.165. The molecule has 2 atom stereocenters. The van der Waals surface area contributed by atoms with E-state index in [1.807, 2.05) is 18.0 Å². The van der Waals surface area contributed by atoms with Gasteiger partial charge in [-0.05, 0) is 79.5 Å². The summed E-state index contributed by atoms with van der Waals surface area (Å²) in [5.74, 6) is 0. The van der Waals surface area contributed by atoms with Gasteiger partial charge in [0.25, 0.3) is 0 Å². The molecule has 1 aliphatic heterocycles. The zero-order valence-electron chi connectivity index (χ0n) is 30.4. The molecule has 0 spiro atoms. The van der Waals surface area contributed by atoms with Crippen LogP contribution in [0.15, 0.2) is 120 Å². The molecule has 1 aliphatic carbocycles. The summed E-state index contributed by atoms with van der Waals surface area (Å²) >= 11 is 1.91. The number of rotatable bonds is 4. The first-order valence-electron chi connectivity index (χ1n) is 18.0. The molecule has 0 unspecified atom stereocenters. The maximum atomic E-state index is 5.44. The minimum Gasteiger partial charge on any atom is -0.346 e. The number of hydrogen-bond donors (Lipinski definition) is 0. The van der Waals surface area contributed by atoms with Gasteiger partial charge in [-0.1, -0.05) is 125 Å². The fraction of sp³-hybridized carbons (Fsp3) is 0.234. The van der Waals surface area contributed by atoms with Gasteiger partial charge in [0.15, 0.2) is 0 Å². The summed E-state index contributed by atoms with van der Waals surface area (Å²) in [5, 5.41) is 3.76. The summed E-state index contributed by atoms with van der Waals surface area (Å²) in [5.41, 5.74) is 14.2. The van der Waals surface area contributed by atoms with E-state index in [9.17, 15) is 0 Å². The fourth-order valence-corrected chi connectivity index (χ4v) is 9.27. The molecule has 260 valence electrons. The van der Waals surface area contributed by atoms with Crippen LogP contribution in [0.5, 0.6) is 0 Å². The number of benzene rings is 5. The van der Waals surface area contributed by atoms with E-state index in [4.69, 9.17) is 9.98 Å². The van der Waals surface area contributed by atoms with Crippen LogP contribution in [0.3, 0.4) is 0 Å². The smallest absolute Gasteiger partial charge is 0.346 e. The normalized spacial score (nSPS) is 16.8. The molecule has 5 aromatic carbocycles. The van der Waals surface area contributed by atoms with Crippen molar-refractivity contribution in [3.05, 3.63) is 155 Å². The van der Waals surface area contributed by atoms with Gasteiger partial charge in [-0.3, -0.25) is 0 Å². The molecule has 0 fully saturated rings. The molecule has 0 N–H and O–H groups in total. The average molecular weight is 875 g/mol. The molecule has 0 saturated heterocycles. The Balaban J connectivity index is 0.00000387. The van der Waals surface area contributed by atoms with Gasteiger partial charge >= 0.3 is 21.1 Å². The van der Waals surface area contributed by atoms with Crippen molar-refractivity contribution in [1.29, 1.82) is 0 Å². The van der Waals surface area contributed by atoms with Crippen molar-refractivity contribution in [2.75, 3.05) is 0 Å². The average Bonchev–Trinajstić information content (AvgIpc) is 3.80. The summed E-state index contributed by atoms with van der Waals surface area (Å²) in [6.45, 7) is 13.7. The Hall–Kier alpha value is -4.24. The van der Waals surface area contributed by atoms with Crippen molar-refractivity contribution in [1.82, 2.24) is 9.55 Å². The number of fused-ring (bicyclic) bond motifs is 6. The molecule has 3 nitrogen and oxygen atoms in total. The van der Waals surface area contributed by atoms with E-state index in [-0.39, 0.29) is 37.9 Å². The zero-order valence-corrected chi connectivity index (χ0v) is 33.5. The van der Waals surface area contributed by atoms with Crippen molar-refractivity contribution in [2.45, 2.75) is 70.1 Å². The van der Waals surface area contributed by atoms with Crippen LogP contribution in [0.1, 0.15) is 74.6 Å². The predicted octanol–water partition coefficient (Wildman–Crippen LogP) is 11.9. The minimum absolute atomic E-state index is 0. The Kier molecular flexibility index (Phi) is 8.71. The Bertz CT molecular complexity index is 2520. The van der Waals surface area contributed by atoms with Crippen LogP contribution in [0.25, 0.3) is 49.9 Å². The predicted molar refractivity (Wildman–Crippen MR) is 215 cm³/mol. The molecular weight excluding hydrogens is 834 g/mol. The van der Waals surface area contributed by atoms with Crippen LogP contribution >= 0.6 is 11.8 Å². The first-order chi connectivity index (χ1) is 24.5. The summed E-state index contributed by atoms with van der Waals surface area (Å²) in [6, 6.07) is 47.5. The van der Waals surface area contributed by atoms with Gasteiger partial charge in [0.1, 0.15) is 0 Å². The van der Waals surface area contributed by atoms with Crippen molar-refractivity contribution < 1.29 is 21.1 Å². The fourth-order valence-electron chi connectivity index (χ4n) is 7.94. The van der Waals surface area contributed by atoms with Crippen LogP contribution in [0.2, 0.25) is 0 Å². The Morgan fingerprint density at radius 2 is 1.50 bits per heavy atom. The van der Waals surface area contributed by atoms with Gasteiger partial charge in [0.2, 0.25) is 0 Å². The van der Waals surface area contributed by atoms with E-state index in [1.54, 1.807) is 0 Å². The second-order valence-corrected chi connectivity index (χ2v) is 17.2. The SMILES string of the molecule is CC(C)(C)c1ccnc(-c2[c-]c3c(cc2)c2ccccc2n3-c2[c-]c(C3=N[C@@H]4Cc5c(cccc5C(C)(C)C)[C@@H]4S3)cc(-c3ccccc3)c2)c1.[Pt+2]. The minimum atomic E-state index is 0. The largest absolute Gasteiger partial charge is 2.00 e. The van der Waals surface area contributed by atoms with E-state index in [2.05, 4.69) is 167 Å². The molecule has 5 heteroatoms. The third-order valence-corrected chi connectivity index (χ3v) is 11.9.